The Bertz CT molecular complexity index is 895. The van der Waals surface area contributed by atoms with E-state index in [2.05, 4.69) is 47.8 Å². The SMILES string of the molecule is C=C(CO)C1CCC2(COCC)CCC3(C)C(CCC4C5(C)CCC(=C)C(C)(CO)C5CCC43C)C12. The van der Waals surface area contributed by atoms with Gasteiger partial charge in [-0.3, -0.25) is 0 Å². The summed E-state index contributed by atoms with van der Waals surface area (Å²) in [6.45, 7) is 23.3. The minimum atomic E-state index is -0.138. The number of aliphatic hydroxyl groups is 2. The van der Waals surface area contributed by atoms with Crippen LogP contribution in [-0.2, 0) is 4.74 Å². The standard InChI is InChI=1S/C33H54O3/c1-8-36-21-33-16-12-24(22(2)19-34)28(33)25-9-10-27-29(4)14-11-23(3)30(5,20-35)26(29)13-15-32(27,7)31(25,6)17-18-33/h24-28,34-35H,2-3,8-21H2,1,4-7H3. The molecule has 5 aliphatic carbocycles. The van der Waals surface area contributed by atoms with Crippen LogP contribution in [0.15, 0.2) is 24.3 Å². The third kappa shape index (κ3) is 3.33. The predicted molar refractivity (Wildman–Crippen MR) is 147 cm³/mol. The first-order valence-corrected chi connectivity index (χ1v) is 15.1. The Morgan fingerprint density at radius 2 is 1.67 bits per heavy atom. The highest BCUT2D eigenvalue weighted by molar-refractivity contribution is 5.25. The summed E-state index contributed by atoms with van der Waals surface area (Å²) in [6, 6.07) is 0. The van der Waals surface area contributed by atoms with Crippen molar-refractivity contribution in [2.24, 2.45) is 56.7 Å². The molecule has 0 aliphatic heterocycles. The normalized spacial score (nSPS) is 52.2. The number of aliphatic hydroxyl groups excluding tert-OH is 2. The molecule has 0 aromatic rings. The molecular weight excluding hydrogens is 444 g/mol. The molecule has 5 fully saturated rings. The lowest BCUT2D eigenvalue weighted by atomic mass is 9.32. The molecule has 0 aromatic carbocycles. The van der Waals surface area contributed by atoms with Crippen molar-refractivity contribution in [2.45, 2.75) is 98.8 Å². The number of rotatable bonds is 6. The van der Waals surface area contributed by atoms with Crippen molar-refractivity contribution in [1.82, 2.24) is 0 Å². The molecule has 0 bridgehead atoms. The largest absolute Gasteiger partial charge is 0.395 e. The first-order chi connectivity index (χ1) is 17.0. The molecule has 0 heterocycles. The maximum Gasteiger partial charge on any atom is 0.0641 e. The molecule has 36 heavy (non-hydrogen) atoms. The Morgan fingerprint density at radius 1 is 0.917 bits per heavy atom. The van der Waals surface area contributed by atoms with Crippen LogP contribution < -0.4 is 0 Å². The maximum absolute atomic E-state index is 10.6. The Hall–Kier alpha value is -0.640. The van der Waals surface area contributed by atoms with Crippen molar-refractivity contribution < 1.29 is 14.9 Å². The fourth-order valence-electron chi connectivity index (χ4n) is 11.8. The Morgan fingerprint density at radius 3 is 2.33 bits per heavy atom. The number of hydrogen-bond donors (Lipinski definition) is 2. The van der Waals surface area contributed by atoms with Gasteiger partial charge in [0.25, 0.3) is 0 Å². The second kappa shape index (κ2) is 8.95. The van der Waals surface area contributed by atoms with Crippen LogP contribution in [0.4, 0.5) is 0 Å². The van der Waals surface area contributed by atoms with E-state index in [4.69, 9.17) is 4.74 Å². The van der Waals surface area contributed by atoms with E-state index < -0.39 is 0 Å². The van der Waals surface area contributed by atoms with Gasteiger partial charge in [0.1, 0.15) is 0 Å². The number of ether oxygens (including phenoxy) is 1. The number of hydrogen-bond acceptors (Lipinski definition) is 3. The zero-order chi connectivity index (χ0) is 26.1. The highest BCUT2D eigenvalue weighted by Crippen LogP contribution is 2.77. The summed E-state index contributed by atoms with van der Waals surface area (Å²) in [7, 11) is 0. The lowest BCUT2D eigenvalue weighted by molar-refractivity contribution is -0.238. The molecule has 0 aromatic heterocycles. The maximum atomic E-state index is 10.6. The summed E-state index contributed by atoms with van der Waals surface area (Å²) in [5.74, 6) is 2.92. The van der Waals surface area contributed by atoms with Gasteiger partial charge in [0.05, 0.1) is 19.8 Å². The third-order valence-corrected chi connectivity index (χ3v) is 14.1. The fraction of sp³-hybridized carbons (Fsp3) is 0.879. The average Bonchev–Trinajstić information content (AvgIpc) is 3.25. The molecule has 0 saturated heterocycles. The molecule has 3 heteroatoms. The quantitative estimate of drug-likeness (QED) is 0.381. The topological polar surface area (TPSA) is 49.7 Å². The van der Waals surface area contributed by atoms with Crippen molar-refractivity contribution in [3.63, 3.8) is 0 Å². The summed E-state index contributed by atoms with van der Waals surface area (Å²) >= 11 is 0. The van der Waals surface area contributed by atoms with Crippen LogP contribution in [0.3, 0.4) is 0 Å². The number of fused-ring (bicyclic) bond motifs is 7. The molecule has 204 valence electrons. The second-order valence-electron chi connectivity index (χ2n) is 14.8. The van der Waals surface area contributed by atoms with Crippen LogP contribution >= 0.6 is 0 Å². The highest BCUT2D eigenvalue weighted by Gasteiger charge is 2.70. The van der Waals surface area contributed by atoms with Gasteiger partial charge < -0.3 is 14.9 Å². The predicted octanol–water partition coefficient (Wildman–Crippen LogP) is 7.18. The summed E-state index contributed by atoms with van der Waals surface area (Å²) in [5.41, 5.74) is 3.34. The van der Waals surface area contributed by atoms with Gasteiger partial charge in [-0.05, 0) is 128 Å². The van der Waals surface area contributed by atoms with Gasteiger partial charge in [-0.2, -0.15) is 0 Å². The Balaban J connectivity index is 1.54. The molecule has 0 radical (unpaired) electrons. The van der Waals surface area contributed by atoms with E-state index in [1.807, 2.05) is 0 Å². The molecule has 3 nitrogen and oxygen atoms in total. The van der Waals surface area contributed by atoms with E-state index in [1.165, 1.54) is 63.4 Å². The fourth-order valence-corrected chi connectivity index (χ4v) is 11.8. The van der Waals surface area contributed by atoms with Gasteiger partial charge in [-0.15, -0.1) is 0 Å². The van der Waals surface area contributed by atoms with E-state index in [9.17, 15) is 10.2 Å². The van der Waals surface area contributed by atoms with Gasteiger partial charge in [-0.25, -0.2) is 0 Å². The summed E-state index contributed by atoms with van der Waals surface area (Å²) in [4.78, 5) is 0. The highest BCUT2D eigenvalue weighted by atomic mass is 16.5. The van der Waals surface area contributed by atoms with E-state index in [-0.39, 0.29) is 29.5 Å². The molecule has 2 N–H and O–H groups in total. The van der Waals surface area contributed by atoms with Gasteiger partial charge in [0.2, 0.25) is 0 Å². The van der Waals surface area contributed by atoms with Crippen molar-refractivity contribution in [2.75, 3.05) is 26.4 Å². The monoisotopic (exact) mass is 498 g/mol. The van der Waals surface area contributed by atoms with E-state index in [1.54, 1.807) is 0 Å². The molecule has 5 aliphatic rings. The Kier molecular flexibility index (Phi) is 6.70. The Labute approximate surface area is 221 Å². The van der Waals surface area contributed by atoms with E-state index >= 15 is 0 Å². The summed E-state index contributed by atoms with van der Waals surface area (Å²) in [5, 5.41) is 20.7. The zero-order valence-corrected chi connectivity index (χ0v) is 24.0. The lowest BCUT2D eigenvalue weighted by Gasteiger charge is -2.73. The first-order valence-electron chi connectivity index (χ1n) is 15.1. The minimum Gasteiger partial charge on any atom is -0.395 e. The molecule has 10 unspecified atom stereocenters. The molecule has 0 spiro atoms. The molecule has 0 amide bonds. The zero-order valence-electron chi connectivity index (χ0n) is 24.0. The van der Waals surface area contributed by atoms with Crippen LogP contribution in [0.2, 0.25) is 0 Å². The average molecular weight is 499 g/mol. The van der Waals surface area contributed by atoms with Crippen LogP contribution in [0.5, 0.6) is 0 Å². The smallest absolute Gasteiger partial charge is 0.0641 e. The van der Waals surface area contributed by atoms with Crippen molar-refractivity contribution in [3.05, 3.63) is 24.3 Å². The van der Waals surface area contributed by atoms with Gasteiger partial charge >= 0.3 is 0 Å². The van der Waals surface area contributed by atoms with Gasteiger partial charge in [-0.1, -0.05) is 46.4 Å². The van der Waals surface area contributed by atoms with Crippen LogP contribution in [0.1, 0.15) is 98.8 Å². The van der Waals surface area contributed by atoms with Crippen LogP contribution in [0, 0.1) is 56.7 Å². The summed E-state index contributed by atoms with van der Waals surface area (Å²) < 4.78 is 6.19. The van der Waals surface area contributed by atoms with Gasteiger partial charge in [0.15, 0.2) is 0 Å². The first kappa shape index (κ1) is 26.9. The minimum absolute atomic E-state index is 0.124. The summed E-state index contributed by atoms with van der Waals surface area (Å²) in [6.07, 6.45) is 12.3. The molecular formula is C33H54O3. The van der Waals surface area contributed by atoms with Gasteiger partial charge in [0, 0.05) is 12.0 Å². The van der Waals surface area contributed by atoms with E-state index in [0.717, 1.165) is 25.2 Å². The second-order valence-corrected chi connectivity index (χ2v) is 14.8. The van der Waals surface area contributed by atoms with Crippen LogP contribution in [0.25, 0.3) is 0 Å². The van der Waals surface area contributed by atoms with Crippen molar-refractivity contribution in [3.8, 4) is 0 Å². The molecule has 5 saturated carbocycles. The third-order valence-electron chi connectivity index (χ3n) is 14.1. The van der Waals surface area contributed by atoms with Crippen molar-refractivity contribution >= 4 is 0 Å². The lowest BCUT2D eigenvalue weighted by Crippen LogP contribution is -2.66. The molecule has 5 rings (SSSR count). The van der Waals surface area contributed by atoms with Crippen molar-refractivity contribution in [1.29, 1.82) is 0 Å². The molecule has 10 atom stereocenters. The van der Waals surface area contributed by atoms with Crippen LogP contribution in [-0.4, -0.2) is 36.6 Å². The van der Waals surface area contributed by atoms with E-state index in [0.29, 0.717) is 40.4 Å².